The Morgan fingerprint density at radius 3 is 2.70 bits per heavy atom. The summed E-state index contributed by atoms with van der Waals surface area (Å²) in [5.41, 5.74) is 2.36. The second-order valence-electron chi connectivity index (χ2n) is 10.2. The fourth-order valence-corrected chi connectivity index (χ4v) is 5.06. The van der Waals surface area contributed by atoms with Crippen LogP contribution in [0.5, 0.6) is 11.5 Å². The number of aliphatic hydroxyl groups is 1. The SMILES string of the molecule is CCCCCOc1cccc(C2/C(=C(/O)c3ccc4c(c3)CC(C)O4)C(=O)C(=O)N2CCCN(C)C)c1. The number of carbonyl (C=O) groups is 2. The fraction of sp³-hybridized carbons (Fsp3) is 0.467. The third-order valence-corrected chi connectivity index (χ3v) is 6.90. The van der Waals surface area contributed by atoms with Crippen molar-refractivity contribution < 1.29 is 24.2 Å². The highest BCUT2D eigenvalue weighted by molar-refractivity contribution is 6.46. The van der Waals surface area contributed by atoms with Gasteiger partial charge in [0, 0.05) is 18.5 Å². The van der Waals surface area contributed by atoms with E-state index in [1.54, 1.807) is 11.0 Å². The lowest BCUT2D eigenvalue weighted by atomic mass is 9.94. The maximum absolute atomic E-state index is 13.4. The van der Waals surface area contributed by atoms with E-state index in [2.05, 4.69) is 6.92 Å². The molecule has 2 unspecified atom stereocenters. The molecule has 2 aliphatic heterocycles. The summed E-state index contributed by atoms with van der Waals surface area (Å²) in [5.74, 6) is 0.0771. The quantitative estimate of drug-likeness (QED) is 0.201. The smallest absolute Gasteiger partial charge is 0.295 e. The largest absolute Gasteiger partial charge is 0.507 e. The molecule has 1 fully saturated rings. The highest BCUT2D eigenvalue weighted by atomic mass is 16.5. The first-order valence-corrected chi connectivity index (χ1v) is 13.3. The zero-order valence-corrected chi connectivity index (χ0v) is 22.3. The van der Waals surface area contributed by atoms with Gasteiger partial charge in [-0.25, -0.2) is 0 Å². The van der Waals surface area contributed by atoms with Gasteiger partial charge in [0.05, 0.1) is 18.2 Å². The van der Waals surface area contributed by atoms with Crippen LogP contribution in [0.4, 0.5) is 0 Å². The number of unbranched alkanes of at least 4 members (excludes halogenated alkanes) is 2. The normalized spacial score (nSPS) is 20.4. The zero-order valence-electron chi connectivity index (χ0n) is 22.3. The maximum Gasteiger partial charge on any atom is 0.295 e. The van der Waals surface area contributed by atoms with Crippen LogP contribution in [0.2, 0.25) is 0 Å². The fourth-order valence-electron chi connectivity index (χ4n) is 5.06. The average Bonchev–Trinajstić information content (AvgIpc) is 3.37. The molecule has 2 atom stereocenters. The van der Waals surface area contributed by atoms with Crippen LogP contribution in [0, 0.1) is 0 Å². The first-order chi connectivity index (χ1) is 17.8. The molecule has 1 amide bonds. The lowest BCUT2D eigenvalue weighted by Crippen LogP contribution is -2.32. The topological polar surface area (TPSA) is 79.3 Å². The maximum atomic E-state index is 13.4. The third kappa shape index (κ3) is 5.99. The lowest BCUT2D eigenvalue weighted by Gasteiger charge is -2.26. The minimum atomic E-state index is -0.690. The molecule has 2 aliphatic rings. The predicted octanol–water partition coefficient (Wildman–Crippen LogP) is 4.95. The summed E-state index contributed by atoms with van der Waals surface area (Å²) >= 11 is 0. The van der Waals surface area contributed by atoms with Crippen molar-refractivity contribution in [1.29, 1.82) is 0 Å². The van der Waals surface area contributed by atoms with Gasteiger partial charge in [0.1, 0.15) is 23.4 Å². The van der Waals surface area contributed by atoms with E-state index < -0.39 is 17.7 Å². The van der Waals surface area contributed by atoms with Crippen LogP contribution in [-0.2, 0) is 16.0 Å². The summed E-state index contributed by atoms with van der Waals surface area (Å²) in [7, 11) is 3.95. The van der Waals surface area contributed by atoms with E-state index in [0.717, 1.165) is 49.1 Å². The molecule has 2 aromatic carbocycles. The Hall–Kier alpha value is -3.32. The number of ketones is 1. The Morgan fingerprint density at radius 1 is 1.14 bits per heavy atom. The summed E-state index contributed by atoms with van der Waals surface area (Å²) in [6.45, 7) is 5.93. The van der Waals surface area contributed by atoms with Gasteiger partial charge >= 0.3 is 0 Å². The van der Waals surface area contributed by atoms with E-state index in [9.17, 15) is 14.7 Å². The van der Waals surface area contributed by atoms with Crippen LogP contribution < -0.4 is 9.47 Å². The van der Waals surface area contributed by atoms with Crippen molar-refractivity contribution in [2.75, 3.05) is 33.8 Å². The Morgan fingerprint density at radius 2 is 1.95 bits per heavy atom. The van der Waals surface area contributed by atoms with Crippen molar-refractivity contribution in [2.24, 2.45) is 0 Å². The molecule has 0 aliphatic carbocycles. The van der Waals surface area contributed by atoms with Crippen LogP contribution in [0.25, 0.3) is 5.76 Å². The van der Waals surface area contributed by atoms with E-state index in [1.165, 1.54) is 0 Å². The van der Waals surface area contributed by atoms with Crippen LogP contribution >= 0.6 is 0 Å². The minimum absolute atomic E-state index is 0.0646. The van der Waals surface area contributed by atoms with Crippen molar-refractivity contribution in [3.63, 3.8) is 0 Å². The van der Waals surface area contributed by atoms with Gasteiger partial charge in [0.25, 0.3) is 11.7 Å². The van der Waals surface area contributed by atoms with Crippen LogP contribution in [0.3, 0.4) is 0 Å². The Labute approximate surface area is 219 Å². The number of ether oxygens (including phenoxy) is 2. The monoisotopic (exact) mass is 506 g/mol. The highest BCUT2D eigenvalue weighted by Gasteiger charge is 2.46. The molecule has 2 heterocycles. The molecule has 7 nitrogen and oxygen atoms in total. The summed E-state index contributed by atoms with van der Waals surface area (Å²) < 4.78 is 11.8. The zero-order chi connectivity index (χ0) is 26.5. The molecule has 0 spiro atoms. The van der Waals surface area contributed by atoms with Crippen LogP contribution in [0.15, 0.2) is 48.0 Å². The van der Waals surface area contributed by atoms with Crippen molar-refractivity contribution in [3.05, 3.63) is 64.7 Å². The summed E-state index contributed by atoms with van der Waals surface area (Å²) in [4.78, 5) is 30.2. The number of rotatable bonds is 11. The average molecular weight is 507 g/mol. The van der Waals surface area contributed by atoms with Crippen molar-refractivity contribution in [2.45, 2.75) is 58.1 Å². The van der Waals surface area contributed by atoms with Gasteiger partial charge < -0.3 is 24.4 Å². The molecular formula is C30H38N2O5. The van der Waals surface area contributed by atoms with E-state index >= 15 is 0 Å². The number of hydrogen-bond acceptors (Lipinski definition) is 6. The number of aliphatic hydroxyl groups excluding tert-OH is 1. The molecule has 0 saturated carbocycles. The molecule has 2 aromatic rings. The number of hydrogen-bond donors (Lipinski definition) is 1. The number of amides is 1. The van der Waals surface area contributed by atoms with E-state index in [4.69, 9.17) is 9.47 Å². The van der Waals surface area contributed by atoms with Crippen LogP contribution in [-0.4, -0.2) is 66.5 Å². The Kier molecular flexibility index (Phi) is 8.54. The minimum Gasteiger partial charge on any atom is -0.507 e. The van der Waals surface area contributed by atoms with Crippen molar-refractivity contribution in [3.8, 4) is 11.5 Å². The molecule has 4 rings (SSSR count). The van der Waals surface area contributed by atoms with Gasteiger partial charge in [-0.2, -0.15) is 0 Å². The molecule has 1 N–H and O–H groups in total. The number of likely N-dealkylation sites (tertiary alicyclic amines) is 1. The third-order valence-electron chi connectivity index (χ3n) is 6.90. The lowest BCUT2D eigenvalue weighted by molar-refractivity contribution is -0.139. The van der Waals surface area contributed by atoms with E-state index in [0.29, 0.717) is 30.9 Å². The molecule has 7 heteroatoms. The molecule has 198 valence electrons. The summed E-state index contributed by atoms with van der Waals surface area (Å²) in [6, 6.07) is 12.3. The predicted molar refractivity (Wildman–Crippen MR) is 144 cm³/mol. The van der Waals surface area contributed by atoms with Crippen LogP contribution in [0.1, 0.15) is 62.3 Å². The van der Waals surface area contributed by atoms with Crippen molar-refractivity contribution >= 4 is 17.4 Å². The number of carbonyl (C=O) groups excluding carboxylic acids is 2. The molecule has 37 heavy (non-hydrogen) atoms. The van der Waals surface area contributed by atoms with Gasteiger partial charge in [-0.3, -0.25) is 9.59 Å². The second kappa shape index (κ2) is 11.8. The number of benzene rings is 2. The standard InChI is InChI=1S/C30H38N2O5/c1-5-6-7-16-36-24-11-8-10-21(19-24)27-26(29(34)30(35)32(27)15-9-14-31(3)4)28(33)22-12-13-25-23(18-22)17-20(2)37-25/h8,10-13,18-20,27,33H,5-7,9,14-17H2,1-4H3/b28-26-. The van der Waals surface area contributed by atoms with E-state index in [-0.39, 0.29) is 17.4 Å². The molecular weight excluding hydrogens is 468 g/mol. The molecule has 0 radical (unpaired) electrons. The second-order valence-corrected chi connectivity index (χ2v) is 10.2. The molecule has 0 bridgehead atoms. The highest BCUT2D eigenvalue weighted by Crippen LogP contribution is 2.41. The van der Waals surface area contributed by atoms with Gasteiger partial charge in [-0.15, -0.1) is 0 Å². The van der Waals surface area contributed by atoms with E-state index in [1.807, 2.05) is 62.3 Å². The summed E-state index contributed by atoms with van der Waals surface area (Å²) in [5, 5.41) is 11.4. The first-order valence-electron chi connectivity index (χ1n) is 13.3. The Bertz CT molecular complexity index is 1170. The number of fused-ring (bicyclic) bond motifs is 1. The van der Waals surface area contributed by atoms with Gasteiger partial charge in [0.2, 0.25) is 0 Å². The number of Topliss-reactive ketones (excluding diaryl/α,β-unsaturated/α-hetero) is 1. The van der Waals surface area contributed by atoms with Crippen molar-refractivity contribution in [1.82, 2.24) is 9.80 Å². The van der Waals surface area contributed by atoms with Gasteiger partial charge in [0.15, 0.2) is 0 Å². The Balaban J connectivity index is 1.72. The summed E-state index contributed by atoms with van der Waals surface area (Å²) in [6.07, 6.45) is 4.67. The first kappa shape index (κ1) is 26.7. The number of nitrogens with zero attached hydrogens (tertiary/aromatic N) is 2. The van der Waals surface area contributed by atoms with Gasteiger partial charge in [-0.05, 0) is 81.9 Å². The molecule has 0 aromatic heterocycles. The molecule has 1 saturated heterocycles. The van der Waals surface area contributed by atoms with Gasteiger partial charge in [-0.1, -0.05) is 31.9 Å².